The Labute approximate surface area is 109 Å². The molecule has 5 nitrogen and oxygen atoms in total. The van der Waals surface area contributed by atoms with E-state index in [4.69, 9.17) is 16.3 Å². The van der Waals surface area contributed by atoms with Crippen LogP contribution in [0.25, 0.3) is 0 Å². The van der Waals surface area contributed by atoms with Crippen LogP contribution in [0.2, 0.25) is 0 Å². The minimum Gasteiger partial charge on any atom is -0.396 e. The monoisotopic (exact) mass is 262 g/mol. The molecule has 2 rings (SSSR count). The predicted molar refractivity (Wildman–Crippen MR) is 70.0 cm³/mol. The number of rotatable bonds is 2. The van der Waals surface area contributed by atoms with Gasteiger partial charge in [-0.2, -0.15) is 10.5 Å². The van der Waals surface area contributed by atoms with Crippen LogP contribution in [0.5, 0.6) is 0 Å². The summed E-state index contributed by atoms with van der Waals surface area (Å²) in [7, 11) is 0. The Morgan fingerprint density at radius 3 is 2.44 bits per heavy atom. The normalized spacial score (nSPS) is 23.1. The fourth-order valence-corrected chi connectivity index (χ4v) is 3.09. The van der Waals surface area contributed by atoms with Crippen molar-refractivity contribution >= 4 is 22.0 Å². The quantitative estimate of drug-likeness (QED) is 0.753. The second-order valence-electron chi connectivity index (χ2n) is 4.42. The van der Waals surface area contributed by atoms with Crippen LogP contribution in [0.15, 0.2) is 0 Å². The molecule has 94 valence electrons. The molecule has 0 spiro atoms. The number of anilines is 2. The van der Waals surface area contributed by atoms with Crippen molar-refractivity contribution in [2.75, 3.05) is 11.1 Å². The van der Waals surface area contributed by atoms with Crippen molar-refractivity contribution in [1.29, 1.82) is 10.5 Å². The van der Waals surface area contributed by atoms with Crippen molar-refractivity contribution < 1.29 is 5.11 Å². The molecule has 0 aromatic carbocycles. The third kappa shape index (κ3) is 2.40. The smallest absolute Gasteiger partial charge is 0.131 e. The first kappa shape index (κ1) is 12.7. The minimum absolute atomic E-state index is 0.207. The zero-order chi connectivity index (χ0) is 13.1. The van der Waals surface area contributed by atoms with Crippen LogP contribution in [0, 0.1) is 22.7 Å². The molecule has 1 fully saturated rings. The molecule has 0 aliphatic heterocycles. The Bertz CT molecular complexity index is 517. The molecule has 1 saturated carbocycles. The van der Waals surface area contributed by atoms with Crippen LogP contribution in [0.1, 0.15) is 36.1 Å². The maximum atomic E-state index is 9.44. The fraction of sp³-hybridized carbons (Fsp3) is 0.500. The fourth-order valence-electron chi connectivity index (χ4n) is 2.15. The SMILES string of the molecule is N#Cc1sc(NC2CCC(O)CC2)c(C#N)c1N. The largest absolute Gasteiger partial charge is 0.396 e. The summed E-state index contributed by atoms with van der Waals surface area (Å²) >= 11 is 1.22. The van der Waals surface area contributed by atoms with E-state index in [-0.39, 0.29) is 17.8 Å². The highest BCUT2D eigenvalue weighted by Crippen LogP contribution is 2.36. The van der Waals surface area contributed by atoms with E-state index >= 15 is 0 Å². The molecule has 0 bridgehead atoms. The van der Waals surface area contributed by atoms with Gasteiger partial charge in [0, 0.05) is 6.04 Å². The molecule has 0 saturated heterocycles. The first-order valence-corrected chi connectivity index (χ1v) is 6.64. The lowest BCUT2D eigenvalue weighted by Gasteiger charge is -2.26. The van der Waals surface area contributed by atoms with Gasteiger partial charge in [-0.3, -0.25) is 0 Å². The van der Waals surface area contributed by atoms with Gasteiger partial charge in [0.15, 0.2) is 0 Å². The van der Waals surface area contributed by atoms with Gasteiger partial charge >= 0.3 is 0 Å². The molecule has 0 atom stereocenters. The number of nitrogens with zero attached hydrogens (tertiary/aromatic N) is 2. The molecular formula is C12H14N4OS. The number of aliphatic hydroxyl groups is 1. The summed E-state index contributed by atoms with van der Waals surface area (Å²) in [5.74, 6) is 0. The van der Waals surface area contributed by atoms with E-state index in [0.29, 0.717) is 15.4 Å². The number of nitriles is 2. The van der Waals surface area contributed by atoms with E-state index in [1.54, 1.807) is 0 Å². The zero-order valence-corrected chi connectivity index (χ0v) is 10.6. The molecular weight excluding hydrogens is 248 g/mol. The van der Waals surface area contributed by atoms with Gasteiger partial charge in [-0.25, -0.2) is 0 Å². The van der Waals surface area contributed by atoms with E-state index in [2.05, 4.69) is 5.32 Å². The van der Waals surface area contributed by atoms with E-state index in [9.17, 15) is 5.11 Å². The highest BCUT2D eigenvalue weighted by Gasteiger charge is 2.22. The predicted octanol–water partition coefficient (Wildman–Crippen LogP) is 1.79. The third-order valence-corrected chi connectivity index (χ3v) is 4.23. The Morgan fingerprint density at radius 1 is 1.22 bits per heavy atom. The number of nitrogens with one attached hydrogen (secondary N) is 1. The molecule has 0 unspecified atom stereocenters. The number of nitrogens with two attached hydrogens (primary N) is 1. The third-order valence-electron chi connectivity index (χ3n) is 3.19. The summed E-state index contributed by atoms with van der Waals surface area (Å²) in [6.07, 6.45) is 3.07. The lowest BCUT2D eigenvalue weighted by atomic mass is 9.93. The van der Waals surface area contributed by atoms with Gasteiger partial charge in [0.1, 0.15) is 27.6 Å². The summed E-state index contributed by atoms with van der Waals surface area (Å²) in [4.78, 5) is 0.380. The molecule has 0 amide bonds. The second kappa shape index (κ2) is 5.26. The molecule has 1 aromatic rings. The maximum Gasteiger partial charge on any atom is 0.131 e. The Balaban J connectivity index is 2.15. The first-order chi connectivity index (χ1) is 8.65. The summed E-state index contributed by atoms with van der Waals surface area (Å²) in [5, 5.41) is 31.4. The van der Waals surface area contributed by atoms with E-state index in [0.717, 1.165) is 25.7 Å². The van der Waals surface area contributed by atoms with Crippen molar-refractivity contribution in [2.45, 2.75) is 37.8 Å². The molecule has 1 heterocycles. The van der Waals surface area contributed by atoms with Crippen LogP contribution in [-0.4, -0.2) is 17.3 Å². The molecule has 1 aliphatic rings. The van der Waals surface area contributed by atoms with Crippen molar-refractivity contribution in [1.82, 2.24) is 0 Å². The van der Waals surface area contributed by atoms with Crippen LogP contribution in [-0.2, 0) is 0 Å². The number of hydrogen-bond acceptors (Lipinski definition) is 6. The van der Waals surface area contributed by atoms with Gasteiger partial charge in [0.05, 0.1) is 11.8 Å². The molecule has 0 radical (unpaired) electrons. The number of aliphatic hydroxyl groups excluding tert-OH is 1. The van der Waals surface area contributed by atoms with Crippen LogP contribution < -0.4 is 11.1 Å². The molecule has 1 aromatic heterocycles. The van der Waals surface area contributed by atoms with Gasteiger partial charge < -0.3 is 16.2 Å². The summed E-state index contributed by atoms with van der Waals surface area (Å²) < 4.78 is 0. The van der Waals surface area contributed by atoms with Gasteiger partial charge in [-0.15, -0.1) is 11.3 Å². The lowest BCUT2D eigenvalue weighted by molar-refractivity contribution is 0.126. The van der Waals surface area contributed by atoms with Crippen LogP contribution >= 0.6 is 11.3 Å². The van der Waals surface area contributed by atoms with E-state index in [1.165, 1.54) is 11.3 Å². The van der Waals surface area contributed by atoms with Crippen molar-refractivity contribution in [2.24, 2.45) is 0 Å². The van der Waals surface area contributed by atoms with Crippen molar-refractivity contribution in [3.8, 4) is 12.1 Å². The molecule has 6 heteroatoms. The van der Waals surface area contributed by atoms with E-state index < -0.39 is 0 Å². The van der Waals surface area contributed by atoms with Gasteiger partial charge in [-0.05, 0) is 25.7 Å². The highest BCUT2D eigenvalue weighted by atomic mass is 32.1. The topological polar surface area (TPSA) is 106 Å². The van der Waals surface area contributed by atoms with Crippen LogP contribution in [0.4, 0.5) is 10.7 Å². The minimum atomic E-state index is -0.207. The summed E-state index contributed by atoms with van der Waals surface area (Å²) in [5.41, 5.74) is 6.37. The Hall–Kier alpha value is -1.76. The zero-order valence-electron chi connectivity index (χ0n) is 9.81. The second-order valence-corrected chi connectivity index (χ2v) is 5.44. The highest BCUT2D eigenvalue weighted by molar-refractivity contribution is 7.17. The molecule has 4 N–H and O–H groups in total. The maximum absolute atomic E-state index is 9.44. The summed E-state index contributed by atoms with van der Waals surface area (Å²) in [6, 6.07) is 4.28. The van der Waals surface area contributed by atoms with E-state index in [1.807, 2.05) is 12.1 Å². The Morgan fingerprint density at radius 2 is 1.89 bits per heavy atom. The summed E-state index contributed by atoms with van der Waals surface area (Å²) in [6.45, 7) is 0. The average molecular weight is 262 g/mol. The first-order valence-electron chi connectivity index (χ1n) is 5.82. The van der Waals surface area contributed by atoms with Crippen molar-refractivity contribution in [3.63, 3.8) is 0 Å². The number of hydrogen-bond donors (Lipinski definition) is 3. The molecule has 18 heavy (non-hydrogen) atoms. The standard InChI is InChI=1S/C12H14N4OS/c13-5-9-11(15)10(6-14)18-12(9)16-7-1-3-8(17)4-2-7/h7-8,16-17H,1-4,15H2. The molecule has 1 aliphatic carbocycles. The lowest BCUT2D eigenvalue weighted by Crippen LogP contribution is -2.28. The van der Waals surface area contributed by atoms with Gasteiger partial charge in [-0.1, -0.05) is 0 Å². The van der Waals surface area contributed by atoms with Gasteiger partial charge in [0.2, 0.25) is 0 Å². The number of thiophene rings is 1. The van der Waals surface area contributed by atoms with Gasteiger partial charge in [0.25, 0.3) is 0 Å². The van der Waals surface area contributed by atoms with Crippen molar-refractivity contribution in [3.05, 3.63) is 10.4 Å². The Kier molecular flexibility index (Phi) is 3.71. The average Bonchev–Trinajstić information content (AvgIpc) is 2.68. The van der Waals surface area contributed by atoms with Crippen LogP contribution in [0.3, 0.4) is 0 Å². The number of nitrogen functional groups attached to an aromatic ring is 1.